The molecule has 9 heavy (non-hydrogen) atoms. The van der Waals surface area contributed by atoms with E-state index < -0.39 is 8.87 Å². The first kappa shape index (κ1) is 9.53. The maximum Gasteiger partial charge on any atom is -0.000188 e. The largest absolute Gasteiger partial charge is 0.350 e. The van der Waals surface area contributed by atoms with Gasteiger partial charge >= 0.3 is 0 Å². The molecule has 1 nitrogen and oxygen atoms in total. The summed E-state index contributed by atoms with van der Waals surface area (Å²) in [6.45, 7) is 4.12. The van der Waals surface area contributed by atoms with Crippen LogP contribution in [0.3, 0.4) is 0 Å². The third kappa shape index (κ3) is 5.00. The molecule has 0 bridgehead atoms. The summed E-state index contributed by atoms with van der Waals surface area (Å²) in [5.41, 5.74) is 0. The SMILES string of the molecule is CCC[SH](O)(=S)CCC. The smallest absolute Gasteiger partial charge is 0.000188 e. The molecular weight excluding hydrogens is 152 g/mol. The van der Waals surface area contributed by atoms with Crippen LogP contribution in [0.15, 0.2) is 0 Å². The van der Waals surface area contributed by atoms with E-state index in [0.717, 1.165) is 24.3 Å². The highest BCUT2D eigenvalue weighted by Gasteiger charge is 2.01. The van der Waals surface area contributed by atoms with Gasteiger partial charge in [0.2, 0.25) is 0 Å². The van der Waals surface area contributed by atoms with Gasteiger partial charge in [0, 0.05) is 0 Å². The van der Waals surface area contributed by atoms with E-state index in [0.29, 0.717) is 0 Å². The van der Waals surface area contributed by atoms with Crippen molar-refractivity contribution in [1.29, 1.82) is 0 Å². The molecule has 1 N–H and O–H groups in total. The topological polar surface area (TPSA) is 20.2 Å². The fraction of sp³-hybridized carbons (Fsp3) is 1.00. The van der Waals surface area contributed by atoms with Crippen molar-refractivity contribution in [3.05, 3.63) is 0 Å². The zero-order chi connectivity index (χ0) is 7.33. The Kier molecular flexibility index (Phi) is 4.62. The third-order valence-corrected chi connectivity index (χ3v) is 4.53. The lowest BCUT2D eigenvalue weighted by atomic mass is 10.6. The molecule has 0 saturated heterocycles. The second-order valence-corrected chi connectivity index (χ2v) is 6.92. The lowest BCUT2D eigenvalue weighted by molar-refractivity contribution is 0.632. The second kappa shape index (κ2) is 4.36. The molecule has 58 valence electrons. The van der Waals surface area contributed by atoms with Crippen LogP contribution in [0.5, 0.6) is 0 Å². The van der Waals surface area contributed by atoms with Gasteiger partial charge in [-0.25, -0.2) is 0 Å². The number of hydrogen-bond donors (Lipinski definition) is 2. The first-order chi connectivity index (χ1) is 4.12. The summed E-state index contributed by atoms with van der Waals surface area (Å²) in [5.74, 6) is 1.71. The van der Waals surface area contributed by atoms with Gasteiger partial charge in [-0.2, -0.15) is 0 Å². The average molecular weight is 168 g/mol. The van der Waals surface area contributed by atoms with Crippen LogP contribution in [0.4, 0.5) is 0 Å². The molecule has 0 spiro atoms. The lowest BCUT2D eigenvalue weighted by Gasteiger charge is -2.17. The Bertz CT molecular complexity index is 102. The molecule has 3 heteroatoms. The highest BCUT2D eigenvalue weighted by molar-refractivity contribution is 8.37. The van der Waals surface area contributed by atoms with Crippen LogP contribution in [0, 0.1) is 0 Å². The van der Waals surface area contributed by atoms with Crippen LogP contribution in [-0.2, 0) is 20.1 Å². The van der Waals surface area contributed by atoms with Crippen LogP contribution in [0.25, 0.3) is 0 Å². The van der Waals surface area contributed by atoms with Crippen molar-refractivity contribution in [3.8, 4) is 0 Å². The summed E-state index contributed by atoms with van der Waals surface area (Å²) in [4.78, 5) is 0. The molecule has 0 heterocycles. The van der Waals surface area contributed by atoms with Crippen LogP contribution >= 0.6 is 0 Å². The quantitative estimate of drug-likeness (QED) is 0.622. The molecule has 0 aromatic heterocycles. The van der Waals surface area contributed by atoms with Gasteiger partial charge in [0.1, 0.15) is 0 Å². The number of rotatable bonds is 4. The van der Waals surface area contributed by atoms with E-state index >= 15 is 0 Å². The molecule has 0 amide bonds. The second-order valence-electron chi connectivity index (χ2n) is 2.29. The van der Waals surface area contributed by atoms with E-state index in [-0.39, 0.29) is 0 Å². The molecule has 0 unspecified atom stereocenters. The predicted molar refractivity (Wildman–Crippen MR) is 49.1 cm³/mol. The minimum atomic E-state index is -1.86. The van der Waals surface area contributed by atoms with Crippen molar-refractivity contribution in [2.75, 3.05) is 11.5 Å². The van der Waals surface area contributed by atoms with Gasteiger partial charge in [0.15, 0.2) is 0 Å². The average Bonchev–Trinajstić information content (AvgIpc) is 1.64. The van der Waals surface area contributed by atoms with E-state index in [4.69, 9.17) is 11.2 Å². The van der Waals surface area contributed by atoms with Crippen molar-refractivity contribution in [1.82, 2.24) is 0 Å². The Morgan fingerprint density at radius 1 is 1.22 bits per heavy atom. The predicted octanol–water partition coefficient (Wildman–Crippen LogP) is 1.63. The molecule has 0 saturated carbocycles. The van der Waals surface area contributed by atoms with Gasteiger partial charge < -0.3 is 4.55 Å². The summed E-state index contributed by atoms with van der Waals surface area (Å²) >= 11 is 5.01. The Labute approximate surface area is 63.2 Å². The summed E-state index contributed by atoms with van der Waals surface area (Å²) in [5, 5.41) is 0. The maximum atomic E-state index is 9.44. The molecule has 0 aromatic rings. The van der Waals surface area contributed by atoms with Crippen molar-refractivity contribution < 1.29 is 4.55 Å². The highest BCUT2D eigenvalue weighted by atomic mass is 32.9. The van der Waals surface area contributed by atoms with Gasteiger partial charge in [-0.05, 0) is 35.5 Å². The molecule has 0 aromatic carbocycles. The Hall–Kier alpha value is 0.530. The monoisotopic (exact) mass is 168 g/mol. The van der Waals surface area contributed by atoms with E-state index in [9.17, 15) is 4.55 Å². The van der Waals surface area contributed by atoms with E-state index in [1.54, 1.807) is 0 Å². The van der Waals surface area contributed by atoms with E-state index in [1.807, 2.05) is 0 Å². The molecule has 0 rings (SSSR count). The third-order valence-electron chi connectivity index (χ3n) is 1.15. The van der Waals surface area contributed by atoms with Crippen LogP contribution in [0.2, 0.25) is 0 Å². The van der Waals surface area contributed by atoms with Crippen LogP contribution in [-0.4, -0.2) is 16.1 Å². The molecule has 0 aliphatic heterocycles. The van der Waals surface area contributed by atoms with Crippen molar-refractivity contribution in [3.63, 3.8) is 0 Å². The van der Waals surface area contributed by atoms with Gasteiger partial charge in [-0.3, -0.25) is 0 Å². The maximum absolute atomic E-state index is 9.44. The van der Waals surface area contributed by atoms with Crippen molar-refractivity contribution in [2.45, 2.75) is 26.7 Å². The minimum Gasteiger partial charge on any atom is -0.350 e. The van der Waals surface area contributed by atoms with E-state index in [1.165, 1.54) is 0 Å². The molecule has 0 atom stereocenters. The number of thiol groups is 1. The molecule has 0 aliphatic rings. The van der Waals surface area contributed by atoms with Crippen molar-refractivity contribution >= 4 is 20.1 Å². The summed E-state index contributed by atoms with van der Waals surface area (Å²) in [6, 6.07) is 0. The fourth-order valence-electron chi connectivity index (χ4n) is 0.811. The molecule has 0 fully saturated rings. The van der Waals surface area contributed by atoms with Crippen LogP contribution < -0.4 is 0 Å². The summed E-state index contributed by atoms with van der Waals surface area (Å²) < 4.78 is 9.44. The van der Waals surface area contributed by atoms with E-state index in [2.05, 4.69) is 13.8 Å². The fourth-order valence-corrected chi connectivity index (χ4v) is 3.53. The molecule has 0 radical (unpaired) electrons. The normalized spacial score (nSPS) is 13.7. The zero-order valence-corrected chi connectivity index (χ0v) is 7.84. The van der Waals surface area contributed by atoms with Gasteiger partial charge in [0.05, 0.1) is 0 Å². The molecule has 0 aliphatic carbocycles. The number of hydrogen-bond acceptors (Lipinski definition) is 1. The lowest BCUT2D eigenvalue weighted by Crippen LogP contribution is -2.16. The Balaban J connectivity index is 3.58. The van der Waals surface area contributed by atoms with Crippen LogP contribution in [0.1, 0.15) is 26.7 Å². The van der Waals surface area contributed by atoms with Crippen molar-refractivity contribution in [2.24, 2.45) is 0 Å². The zero-order valence-electron chi connectivity index (χ0n) is 6.13. The Morgan fingerprint density at radius 3 is 1.78 bits per heavy atom. The molecular formula is C6H16OS2. The Morgan fingerprint density at radius 2 is 1.56 bits per heavy atom. The minimum absolute atomic E-state index is 0.857. The first-order valence-corrected chi connectivity index (χ1v) is 6.55. The summed E-state index contributed by atoms with van der Waals surface area (Å²) in [6.07, 6.45) is 2.04. The standard InChI is InChI=1S/C6H16OS2/c1-3-5-9(7,8)6-4-2/h9H,3-6H2,1-2H3,(H,7,8). The first-order valence-electron chi connectivity index (χ1n) is 3.43. The van der Waals surface area contributed by atoms with Gasteiger partial charge in [0.25, 0.3) is 0 Å². The van der Waals surface area contributed by atoms with Gasteiger partial charge in [-0.15, -0.1) is 8.87 Å². The summed E-state index contributed by atoms with van der Waals surface area (Å²) in [7, 11) is -1.86. The van der Waals surface area contributed by atoms with Gasteiger partial charge in [-0.1, -0.05) is 13.8 Å². The highest BCUT2D eigenvalue weighted by Crippen LogP contribution is 2.03.